The zero-order valence-corrected chi connectivity index (χ0v) is 24.4. The van der Waals surface area contributed by atoms with Crippen molar-refractivity contribution in [2.24, 2.45) is 0 Å². The van der Waals surface area contributed by atoms with E-state index in [1.165, 1.54) is 11.0 Å². The molecule has 2 amide bonds. The number of hydrogen-bond acceptors (Lipinski definition) is 4. The summed E-state index contributed by atoms with van der Waals surface area (Å²) in [5.41, 5.74) is 3.02. The van der Waals surface area contributed by atoms with Gasteiger partial charge >= 0.3 is 0 Å². The molecule has 7 nitrogen and oxygen atoms in total. The molecular formula is C30H36ClN3O4S. The number of nitrogens with one attached hydrogen (secondary N) is 1. The Morgan fingerprint density at radius 3 is 2.23 bits per heavy atom. The molecule has 0 saturated carbocycles. The molecule has 0 unspecified atom stereocenters. The summed E-state index contributed by atoms with van der Waals surface area (Å²) in [6.07, 6.45) is 2.05. The van der Waals surface area contributed by atoms with E-state index < -0.39 is 28.5 Å². The monoisotopic (exact) mass is 569 g/mol. The third-order valence-electron chi connectivity index (χ3n) is 6.48. The Kier molecular flexibility index (Phi) is 10.5. The van der Waals surface area contributed by atoms with Crippen LogP contribution in [0, 0.1) is 6.92 Å². The number of carbonyl (C=O) groups is 2. The van der Waals surface area contributed by atoms with Crippen molar-refractivity contribution in [3.63, 3.8) is 0 Å². The Hall–Kier alpha value is -3.36. The molecule has 0 fully saturated rings. The topological polar surface area (TPSA) is 86.8 Å². The van der Waals surface area contributed by atoms with Gasteiger partial charge in [0.15, 0.2) is 0 Å². The van der Waals surface area contributed by atoms with Crippen LogP contribution < -0.4 is 9.62 Å². The smallest absolute Gasteiger partial charge is 0.244 e. The number of amides is 2. The number of benzene rings is 3. The predicted molar refractivity (Wildman–Crippen MR) is 157 cm³/mol. The highest BCUT2D eigenvalue weighted by Crippen LogP contribution is 2.23. The van der Waals surface area contributed by atoms with E-state index in [9.17, 15) is 18.0 Å². The molecule has 208 valence electrons. The second-order valence-electron chi connectivity index (χ2n) is 9.78. The molecule has 0 aliphatic carbocycles. The average molecular weight is 570 g/mol. The molecule has 2 atom stereocenters. The Bertz CT molecular complexity index is 1380. The van der Waals surface area contributed by atoms with E-state index in [0.29, 0.717) is 5.02 Å². The van der Waals surface area contributed by atoms with Gasteiger partial charge in [0.2, 0.25) is 21.8 Å². The summed E-state index contributed by atoms with van der Waals surface area (Å²) in [5.74, 6) is -0.787. The average Bonchev–Trinajstić information content (AvgIpc) is 2.89. The third kappa shape index (κ3) is 8.83. The van der Waals surface area contributed by atoms with Crippen LogP contribution in [0.15, 0.2) is 78.9 Å². The number of halogens is 1. The molecule has 0 bridgehead atoms. The predicted octanol–water partition coefficient (Wildman–Crippen LogP) is 4.97. The molecule has 3 aromatic rings. The van der Waals surface area contributed by atoms with Crippen LogP contribution in [-0.4, -0.2) is 50.0 Å². The van der Waals surface area contributed by atoms with Gasteiger partial charge in [-0.3, -0.25) is 13.9 Å². The number of carbonyl (C=O) groups excluding carboxylic acids is 2. The lowest BCUT2D eigenvalue weighted by atomic mass is 10.0. The number of sulfonamides is 1. The minimum absolute atomic E-state index is 0.0920. The lowest BCUT2D eigenvalue weighted by Gasteiger charge is -2.34. The van der Waals surface area contributed by atoms with E-state index in [2.05, 4.69) is 5.32 Å². The van der Waals surface area contributed by atoms with Gasteiger partial charge in [0.05, 0.1) is 11.9 Å². The SMILES string of the molecule is CC[C@H](C)NC(=O)[C@@H](Cc1ccccc1)N(Cc1cccc(C)c1)C(=O)CN(c1cccc(Cl)c1)S(C)(=O)=O. The van der Waals surface area contributed by atoms with Crippen LogP contribution in [0.1, 0.15) is 37.0 Å². The van der Waals surface area contributed by atoms with Gasteiger partial charge in [-0.05, 0) is 49.6 Å². The van der Waals surface area contributed by atoms with Gasteiger partial charge in [0, 0.05) is 24.0 Å². The van der Waals surface area contributed by atoms with Crippen molar-refractivity contribution < 1.29 is 18.0 Å². The van der Waals surface area contributed by atoms with Crippen molar-refractivity contribution in [2.45, 2.75) is 52.2 Å². The van der Waals surface area contributed by atoms with Gasteiger partial charge in [0.1, 0.15) is 12.6 Å². The summed E-state index contributed by atoms with van der Waals surface area (Å²) in [7, 11) is -3.84. The van der Waals surface area contributed by atoms with Crippen molar-refractivity contribution in [2.75, 3.05) is 17.1 Å². The first kappa shape index (κ1) is 30.2. The standard InChI is InChI=1S/C30H36ClN3O4S/c1-5-23(3)32-30(36)28(18-24-12-7-6-8-13-24)33(20-25-14-9-11-22(2)17-25)29(35)21-34(39(4,37)38)27-16-10-15-26(31)19-27/h6-17,19,23,28H,5,18,20-21H2,1-4H3,(H,32,36)/t23-,28+/m0/s1. The quantitative estimate of drug-likeness (QED) is 0.334. The van der Waals surface area contributed by atoms with Gasteiger partial charge in [-0.2, -0.15) is 0 Å². The molecule has 0 aliphatic rings. The molecule has 9 heteroatoms. The van der Waals surface area contributed by atoms with Crippen molar-refractivity contribution in [3.8, 4) is 0 Å². The lowest BCUT2D eigenvalue weighted by molar-refractivity contribution is -0.140. The van der Waals surface area contributed by atoms with Crippen LogP contribution >= 0.6 is 11.6 Å². The summed E-state index contributed by atoms with van der Waals surface area (Å²) in [6.45, 7) is 5.50. The molecule has 0 aliphatic heterocycles. The molecule has 39 heavy (non-hydrogen) atoms. The van der Waals surface area contributed by atoms with Crippen LogP contribution in [-0.2, 0) is 32.6 Å². The van der Waals surface area contributed by atoms with Crippen LogP contribution in [0.25, 0.3) is 0 Å². The minimum Gasteiger partial charge on any atom is -0.352 e. The van der Waals surface area contributed by atoms with Gasteiger partial charge in [-0.25, -0.2) is 8.42 Å². The Morgan fingerprint density at radius 1 is 0.949 bits per heavy atom. The molecule has 3 aromatic carbocycles. The van der Waals surface area contributed by atoms with E-state index in [1.807, 2.05) is 75.4 Å². The Labute approximate surface area is 236 Å². The zero-order valence-electron chi connectivity index (χ0n) is 22.8. The fourth-order valence-electron chi connectivity index (χ4n) is 4.25. The Morgan fingerprint density at radius 2 is 1.62 bits per heavy atom. The van der Waals surface area contributed by atoms with Crippen LogP contribution in [0.2, 0.25) is 5.02 Å². The molecular weight excluding hydrogens is 534 g/mol. The number of aryl methyl sites for hydroxylation is 1. The fraction of sp³-hybridized carbons (Fsp3) is 0.333. The minimum atomic E-state index is -3.84. The maximum atomic E-state index is 14.0. The first-order chi connectivity index (χ1) is 18.5. The van der Waals surface area contributed by atoms with Crippen LogP contribution in [0.5, 0.6) is 0 Å². The van der Waals surface area contributed by atoms with E-state index >= 15 is 0 Å². The number of rotatable bonds is 12. The maximum absolute atomic E-state index is 14.0. The summed E-state index contributed by atoms with van der Waals surface area (Å²) in [4.78, 5) is 29.2. The lowest BCUT2D eigenvalue weighted by Crippen LogP contribution is -2.54. The molecule has 0 radical (unpaired) electrons. The van der Waals surface area contributed by atoms with Gasteiger partial charge in [-0.15, -0.1) is 0 Å². The van der Waals surface area contributed by atoms with E-state index in [1.54, 1.807) is 18.2 Å². The first-order valence-electron chi connectivity index (χ1n) is 12.9. The van der Waals surface area contributed by atoms with Gasteiger partial charge in [0.25, 0.3) is 0 Å². The molecule has 0 spiro atoms. The summed E-state index contributed by atoms with van der Waals surface area (Å²) in [6, 6.07) is 22.6. The highest BCUT2D eigenvalue weighted by molar-refractivity contribution is 7.92. The molecule has 3 rings (SSSR count). The summed E-state index contributed by atoms with van der Waals surface area (Å²) in [5, 5.41) is 3.37. The number of nitrogens with zero attached hydrogens (tertiary/aromatic N) is 2. The first-order valence-corrected chi connectivity index (χ1v) is 15.1. The van der Waals surface area contributed by atoms with E-state index in [-0.39, 0.29) is 30.6 Å². The van der Waals surface area contributed by atoms with Crippen LogP contribution in [0.3, 0.4) is 0 Å². The Balaban J connectivity index is 2.06. The fourth-order valence-corrected chi connectivity index (χ4v) is 5.27. The molecule has 1 N–H and O–H groups in total. The third-order valence-corrected chi connectivity index (χ3v) is 7.86. The van der Waals surface area contributed by atoms with E-state index in [0.717, 1.165) is 33.7 Å². The van der Waals surface area contributed by atoms with Crippen molar-refractivity contribution in [3.05, 3.63) is 101 Å². The number of anilines is 1. The van der Waals surface area contributed by atoms with Crippen molar-refractivity contribution in [1.29, 1.82) is 0 Å². The second kappa shape index (κ2) is 13.6. The van der Waals surface area contributed by atoms with E-state index in [4.69, 9.17) is 11.6 Å². The largest absolute Gasteiger partial charge is 0.352 e. The van der Waals surface area contributed by atoms with Crippen molar-refractivity contribution >= 4 is 39.1 Å². The molecule has 0 heterocycles. The molecule has 0 aromatic heterocycles. The highest BCUT2D eigenvalue weighted by atomic mass is 35.5. The molecule has 0 saturated heterocycles. The van der Waals surface area contributed by atoms with Gasteiger partial charge in [-0.1, -0.05) is 84.8 Å². The second-order valence-corrected chi connectivity index (χ2v) is 12.1. The van der Waals surface area contributed by atoms with Crippen LogP contribution in [0.4, 0.5) is 5.69 Å². The van der Waals surface area contributed by atoms with Gasteiger partial charge < -0.3 is 10.2 Å². The summed E-state index contributed by atoms with van der Waals surface area (Å²) >= 11 is 6.13. The number of hydrogen-bond donors (Lipinski definition) is 1. The highest BCUT2D eigenvalue weighted by Gasteiger charge is 2.33. The zero-order chi connectivity index (χ0) is 28.6. The summed E-state index contributed by atoms with van der Waals surface area (Å²) < 4.78 is 26.7. The maximum Gasteiger partial charge on any atom is 0.244 e. The normalized spacial score (nSPS) is 12.8. The van der Waals surface area contributed by atoms with Crippen molar-refractivity contribution in [1.82, 2.24) is 10.2 Å².